The van der Waals surface area contributed by atoms with Crippen LogP contribution >= 0.6 is 0 Å². The zero-order valence-electron chi connectivity index (χ0n) is 12.2. The molecular formula is C17H18N4O. The van der Waals surface area contributed by atoms with Gasteiger partial charge in [0.1, 0.15) is 11.3 Å². The number of aromatic amines is 1. The van der Waals surface area contributed by atoms with Gasteiger partial charge >= 0.3 is 0 Å². The average molecular weight is 294 g/mol. The second kappa shape index (κ2) is 5.19. The normalized spacial score (nSPS) is 22.4. The third-order valence-electron chi connectivity index (χ3n) is 4.44. The molecule has 3 aromatic rings. The molecule has 112 valence electrons. The van der Waals surface area contributed by atoms with Crippen molar-refractivity contribution in [1.82, 2.24) is 20.3 Å². The van der Waals surface area contributed by atoms with Crippen LogP contribution in [0.15, 0.2) is 48.7 Å². The molecule has 0 spiro atoms. The fourth-order valence-electron chi connectivity index (χ4n) is 3.24. The quantitative estimate of drug-likeness (QED) is 0.776. The second-order valence-electron chi connectivity index (χ2n) is 6.03. The molecule has 0 aliphatic carbocycles. The lowest BCUT2D eigenvalue weighted by Gasteiger charge is -2.21. The summed E-state index contributed by atoms with van der Waals surface area (Å²) in [6.45, 7) is 2.29. The first kappa shape index (κ1) is 13.4. The van der Waals surface area contributed by atoms with Crippen LogP contribution in [-0.2, 0) is 12.1 Å². The molecule has 0 bridgehead atoms. The number of H-pyrrole nitrogens is 1. The van der Waals surface area contributed by atoms with E-state index < -0.39 is 5.60 Å². The predicted molar refractivity (Wildman–Crippen MR) is 84.1 cm³/mol. The second-order valence-corrected chi connectivity index (χ2v) is 6.03. The van der Waals surface area contributed by atoms with Crippen LogP contribution in [0.2, 0.25) is 0 Å². The van der Waals surface area contributed by atoms with Crippen LogP contribution in [0.4, 0.5) is 0 Å². The third kappa shape index (κ3) is 2.38. The third-order valence-corrected chi connectivity index (χ3v) is 4.44. The summed E-state index contributed by atoms with van der Waals surface area (Å²) in [6.07, 6.45) is 2.30. The lowest BCUT2D eigenvalue weighted by Crippen LogP contribution is -2.31. The fraction of sp³-hybridized carbons (Fsp3) is 0.294. The number of likely N-dealkylation sites (tertiary alicyclic amines) is 1. The van der Waals surface area contributed by atoms with Crippen LogP contribution in [0, 0.1) is 0 Å². The molecular weight excluding hydrogens is 276 g/mol. The molecule has 2 heterocycles. The highest BCUT2D eigenvalue weighted by molar-refractivity contribution is 5.82. The van der Waals surface area contributed by atoms with E-state index in [4.69, 9.17) is 0 Å². The Hall–Kier alpha value is -2.24. The van der Waals surface area contributed by atoms with Crippen molar-refractivity contribution in [2.24, 2.45) is 0 Å². The zero-order valence-corrected chi connectivity index (χ0v) is 12.2. The molecule has 1 aliphatic heterocycles. The fourth-order valence-corrected chi connectivity index (χ4v) is 3.24. The van der Waals surface area contributed by atoms with Crippen LogP contribution in [0.1, 0.15) is 17.7 Å². The van der Waals surface area contributed by atoms with Crippen molar-refractivity contribution in [2.75, 3.05) is 13.1 Å². The maximum Gasteiger partial charge on any atom is 0.124 e. The van der Waals surface area contributed by atoms with E-state index in [9.17, 15) is 5.11 Å². The Bertz CT molecular complexity index is 786. The van der Waals surface area contributed by atoms with Gasteiger partial charge in [0.15, 0.2) is 0 Å². The Morgan fingerprint density at radius 3 is 2.86 bits per heavy atom. The SMILES string of the molecule is O[C@]1(c2cn[nH]n2)CCN(Cc2ccc3ccccc3c2)C1. The van der Waals surface area contributed by atoms with E-state index in [2.05, 4.69) is 62.8 Å². The summed E-state index contributed by atoms with van der Waals surface area (Å²) in [5, 5.41) is 23.6. The number of hydrogen-bond acceptors (Lipinski definition) is 4. The summed E-state index contributed by atoms with van der Waals surface area (Å²) in [5.41, 5.74) is 1.01. The smallest absolute Gasteiger partial charge is 0.124 e. The number of aliphatic hydroxyl groups is 1. The van der Waals surface area contributed by atoms with E-state index in [-0.39, 0.29) is 0 Å². The van der Waals surface area contributed by atoms with E-state index in [0.29, 0.717) is 18.7 Å². The number of β-amino-alcohol motifs (C(OH)–C–C–N with tert-alkyl or cyclic N) is 1. The first-order valence-electron chi connectivity index (χ1n) is 7.52. The number of nitrogens with zero attached hydrogens (tertiary/aromatic N) is 3. The Labute approximate surface area is 128 Å². The van der Waals surface area contributed by atoms with Gasteiger partial charge in [0, 0.05) is 19.6 Å². The molecule has 1 aromatic heterocycles. The summed E-state index contributed by atoms with van der Waals surface area (Å²) in [5.74, 6) is 0. The minimum absolute atomic E-state index is 0.590. The first-order valence-corrected chi connectivity index (χ1v) is 7.52. The minimum atomic E-state index is -0.885. The van der Waals surface area contributed by atoms with E-state index in [1.165, 1.54) is 16.3 Å². The molecule has 22 heavy (non-hydrogen) atoms. The lowest BCUT2D eigenvalue weighted by molar-refractivity contribution is 0.0409. The van der Waals surface area contributed by atoms with Crippen LogP contribution in [-0.4, -0.2) is 38.5 Å². The first-order chi connectivity index (χ1) is 10.7. The minimum Gasteiger partial charge on any atom is -0.382 e. The Kier molecular flexibility index (Phi) is 3.17. The molecule has 0 unspecified atom stereocenters. The maximum atomic E-state index is 10.7. The summed E-state index contributed by atoms with van der Waals surface area (Å²) >= 11 is 0. The number of rotatable bonds is 3. The van der Waals surface area contributed by atoms with Crippen molar-refractivity contribution in [3.05, 3.63) is 59.9 Å². The van der Waals surface area contributed by atoms with Gasteiger partial charge in [-0.25, -0.2) is 0 Å². The van der Waals surface area contributed by atoms with Crippen LogP contribution in [0.5, 0.6) is 0 Å². The molecule has 4 rings (SSSR count). The molecule has 2 aromatic carbocycles. The molecule has 0 radical (unpaired) electrons. The molecule has 0 amide bonds. The molecule has 1 saturated heterocycles. The van der Waals surface area contributed by atoms with Gasteiger partial charge in [0.2, 0.25) is 0 Å². The predicted octanol–water partition coefficient (Wildman–Crippen LogP) is 2.05. The molecule has 1 aliphatic rings. The highest BCUT2D eigenvalue weighted by Crippen LogP contribution is 2.31. The maximum absolute atomic E-state index is 10.7. The van der Waals surface area contributed by atoms with Crippen LogP contribution in [0.3, 0.4) is 0 Å². The van der Waals surface area contributed by atoms with E-state index in [1.807, 2.05) is 0 Å². The van der Waals surface area contributed by atoms with Crippen molar-refractivity contribution in [1.29, 1.82) is 0 Å². The molecule has 2 N–H and O–H groups in total. The van der Waals surface area contributed by atoms with Crippen molar-refractivity contribution in [3.8, 4) is 0 Å². The monoisotopic (exact) mass is 294 g/mol. The number of hydrogen-bond donors (Lipinski definition) is 2. The lowest BCUT2D eigenvalue weighted by atomic mass is 10.00. The summed E-state index contributed by atoms with van der Waals surface area (Å²) < 4.78 is 0. The largest absolute Gasteiger partial charge is 0.382 e. The summed E-state index contributed by atoms with van der Waals surface area (Å²) in [6, 6.07) is 14.9. The summed E-state index contributed by atoms with van der Waals surface area (Å²) in [4.78, 5) is 2.26. The topological polar surface area (TPSA) is 65.0 Å². The van der Waals surface area contributed by atoms with Gasteiger partial charge in [-0.15, -0.1) is 0 Å². The van der Waals surface area contributed by atoms with Crippen LogP contribution < -0.4 is 0 Å². The Balaban J connectivity index is 1.52. The zero-order chi connectivity index (χ0) is 15.0. The van der Waals surface area contributed by atoms with Gasteiger partial charge in [-0.1, -0.05) is 36.4 Å². The van der Waals surface area contributed by atoms with Gasteiger partial charge in [0.25, 0.3) is 0 Å². The number of benzene rings is 2. The molecule has 0 saturated carbocycles. The van der Waals surface area contributed by atoms with Crippen molar-refractivity contribution in [3.63, 3.8) is 0 Å². The van der Waals surface area contributed by atoms with Gasteiger partial charge in [-0.2, -0.15) is 15.4 Å². The van der Waals surface area contributed by atoms with E-state index in [1.54, 1.807) is 6.20 Å². The number of fused-ring (bicyclic) bond motifs is 1. The number of aromatic nitrogens is 3. The Morgan fingerprint density at radius 2 is 2.05 bits per heavy atom. The van der Waals surface area contributed by atoms with Crippen LogP contribution in [0.25, 0.3) is 10.8 Å². The number of nitrogens with one attached hydrogen (secondary N) is 1. The van der Waals surface area contributed by atoms with Gasteiger partial charge in [-0.3, -0.25) is 4.90 Å². The Morgan fingerprint density at radius 1 is 1.18 bits per heavy atom. The van der Waals surface area contributed by atoms with E-state index >= 15 is 0 Å². The molecule has 5 nitrogen and oxygen atoms in total. The van der Waals surface area contributed by atoms with Crippen molar-refractivity contribution in [2.45, 2.75) is 18.6 Å². The standard InChI is InChI=1S/C17H18N4O/c22-17(16-10-18-20-19-16)7-8-21(12-17)11-13-5-6-14-3-1-2-4-15(14)9-13/h1-6,9-10,22H,7-8,11-12H2,(H,18,19,20)/t17-/m1/s1. The van der Waals surface area contributed by atoms with E-state index in [0.717, 1.165) is 13.1 Å². The highest BCUT2D eigenvalue weighted by atomic mass is 16.3. The molecule has 1 atom stereocenters. The van der Waals surface area contributed by atoms with Crippen molar-refractivity contribution < 1.29 is 5.11 Å². The van der Waals surface area contributed by atoms with Gasteiger partial charge < -0.3 is 5.11 Å². The van der Waals surface area contributed by atoms with Crippen molar-refractivity contribution >= 4 is 10.8 Å². The summed E-state index contributed by atoms with van der Waals surface area (Å²) in [7, 11) is 0. The molecule has 5 heteroatoms. The van der Waals surface area contributed by atoms with Gasteiger partial charge in [0.05, 0.1) is 6.20 Å². The molecule has 1 fully saturated rings. The van der Waals surface area contributed by atoms with Gasteiger partial charge in [-0.05, 0) is 28.8 Å². The average Bonchev–Trinajstić information content (AvgIpc) is 3.18. The highest BCUT2D eigenvalue weighted by Gasteiger charge is 2.39.